The van der Waals surface area contributed by atoms with Crippen LogP contribution < -0.4 is 10.1 Å². The van der Waals surface area contributed by atoms with Gasteiger partial charge in [-0.25, -0.2) is 13.1 Å². The van der Waals surface area contributed by atoms with Gasteiger partial charge in [0.25, 0.3) is 0 Å². The van der Waals surface area contributed by atoms with Crippen LogP contribution in [0.1, 0.15) is 5.56 Å². The average molecular weight is 364 g/mol. The van der Waals surface area contributed by atoms with Crippen LogP contribution in [0.2, 0.25) is 0 Å². The molecular weight excluding hydrogens is 342 g/mol. The molecule has 0 radical (unpaired) electrons. The molecule has 5 nitrogen and oxygen atoms in total. The minimum absolute atomic E-state index is 0.0884. The summed E-state index contributed by atoms with van der Waals surface area (Å²) in [7, 11) is -1.74. The van der Waals surface area contributed by atoms with Crippen molar-refractivity contribution in [2.45, 2.75) is 11.3 Å². The van der Waals surface area contributed by atoms with Crippen LogP contribution in [0.25, 0.3) is 0 Å². The molecule has 2 rings (SSSR count). The Bertz CT molecular complexity index is 745. The van der Waals surface area contributed by atoms with Gasteiger partial charge in [-0.1, -0.05) is 30.3 Å². The molecule has 0 fully saturated rings. The maximum Gasteiger partial charge on any atom is 0.211 e. The molecule has 2 aromatic carbocycles. The molecule has 0 aromatic heterocycles. The normalized spacial score (nSPS) is 11.7. The predicted octanol–water partition coefficient (Wildman–Crippen LogP) is 2.97. The Morgan fingerprint density at radius 2 is 1.79 bits per heavy atom. The minimum Gasteiger partial charge on any atom is -0.279 e. The number of hydrazone groups is 1. The van der Waals surface area contributed by atoms with E-state index in [0.717, 1.165) is 17.0 Å². The number of anilines is 1. The summed E-state index contributed by atoms with van der Waals surface area (Å²) in [5.74, 6) is 0.877. The first kappa shape index (κ1) is 18.5. The molecule has 0 saturated carbocycles. The lowest BCUT2D eigenvalue weighted by atomic mass is 10.1. The highest BCUT2D eigenvalue weighted by Gasteiger charge is 2.06. The fourth-order valence-electron chi connectivity index (χ4n) is 1.91. The third kappa shape index (κ3) is 6.74. The van der Waals surface area contributed by atoms with Crippen LogP contribution in [0.3, 0.4) is 0 Å². The quantitative estimate of drug-likeness (QED) is 0.408. The van der Waals surface area contributed by atoms with Crippen molar-refractivity contribution in [1.29, 1.82) is 0 Å². The van der Waals surface area contributed by atoms with Crippen LogP contribution in [-0.4, -0.2) is 33.2 Å². The van der Waals surface area contributed by atoms with Crippen LogP contribution in [-0.2, 0) is 16.4 Å². The van der Waals surface area contributed by atoms with E-state index in [4.69, 9.17) is 0 Å². The molecule has 0 bridgehead atoms. The highest BCUT2D eigenvalue weighted by atomic mass is 32.2. The van der Waals surface area contributed by atoms with Crippen molar-refractivity contribution in [2.24, 2.45) is 5.10 Å². The second-order valence-corrected chi connectivity index (χ2v) is 8.16. The molecule has 7 heteroatoms. The molecule has 24 heavy (non-hydrogen) atoms. The van der Waals surface area contributed by atoms with Gasteiger partial charge in [-0.2, -0.15) is 5.10 Å². The number of nitrogens with zero attached hydrogens (tertiary/aromatic N) is 1. The molecule has 0 aliphatic heterocycles. The third-order valence-electron chi connectivity index (χ3n) is 3.28. The van der Waals surface area contributed by atoms with E-state index in [1.54, 1.807) is 11.8 Å². The largest absolute Gasteiger partial charge is 0.279 e. The Hall–Kier alpha value is -1.83. The van der Waals surface area contributed by atoms with Crippen LogP contribution in [0.5, 0.6) is 0 Å². The maximum atomic E-state index is 11.4. The van der Waals surface area contributed by atoms with Crippen molar-refractivity contribution in [3.8, 4) is 0 Å². The molecule has 0 unspecified atom stereocenters. The van der Waals surface area contributed by atoms with E-state index in [-0.39, 0.29) is 5.75 Å². The van der Waals surface area contributed by atoms with Crippen molar-refractivity contribution in [1.82, 2.24) is 4.72 Å². The smallest absolute Gasteiger partial charge is 0.211 e. The first-order chi connectivity index (χ1) is 11.6. The lowest BCUT2D eigenvalue weighted by molar-refractivity contribution is 0.587. The Kier molecular flexibility index (Phi) is 7.30. The van der Waals surface area contributed by atoms with Gasteiger partial charge in [0.05, 0.1) is 11.4 Å². The summed E-state index contributed by atoms with van der Waals surface area (Å²) in [6.45, 7) is 0. The van der Waals surface area contributed by atoms with Crippen molar-refractivity contribution >= 4 is 33.7 Å². The zero-order valence-corrected chi connectivity index (χ0v) is 15.1. The molecule has 0 spiro atoms. The van der Waals surface area contributed by atoms with Gasteiger partial charge in [-0.3, -0.25) is 5.43 Å². The van der Waals surface area contributed by atoms with E-state index >= 15 is 0 Å². The Morgan fingerprint density at radius 3 is 2.46 bits per heavy atom. The van der Waals surface area contributed by atoms with Gasteiger partial charge in [0.15, 0.2) is 0 Å². The molecule has 0 saturated heterocycles. The number of sulfonamides is 1. The molecule has 0 heterocycles. The van der Waals surface area contributed by atoms with Gasteiger partial charge in [-0.15, -0.1) is 11.8 Å². The Morgan fingerprint density at radius 1 is 1.08 bits per heavy atom. The average Bonchev–Trinajstić information content (AvgIpc) is 2.62. The van der Waals surface area contributed by atoms with Gasteiger partial charge >= 0.3 is 0 Å². The lowest BCUT2D eigenvalue weighted by Gasteiger charge is -2.04. The van der Waals surface area contributed by atoms with E-state index in [1.165, 1.54) is 11.9 Å². The summed E-state index contributed by atoms with van der Waals surface area (Å²) in [6, 6.07) is 17.8. The van der Waals surface area contributed by atoms with E-state index in [9.17, 15) is 8.42 Å². The summed E-state index contributed by atoms with van der Waals surface area (Å²) in [5, 5.41) is 4.18. The third-order valence-corrected chi connectivity index (χ3v) is 5.56. The molecule has 128 valence electrons. The van der Waals surface area contributed by atoms with E-state index in [1.807, 2.05) is 48.7 Å². The number of hydrogen-bond acceptors (Lipinski definition) is 5. The fraction of sp³-hybridized carbons (Fsp3) is 0.235. The summed E-state index contributed by atoms with van der Waals surface area (Å²) in [6.07, 6.45) is 2.31. The molecule has 0 aliphatic carbocycles. The summed E-state index contributed by atoms with van der Waals surface area (Å²) >= 11 is 1.72. The summed E-state index contributed by atoms with van der Waals surface area (Å²) in [4.78, 5) is 1.21. The Labute approximate surface area is 147 Å². The first-order valence-electron chi connectivity index (χ1n) is 7.54. The topological polar surface area (TPSA) is 70.6 Å². The SMILES string of the molecule is CNS(=O)(=O)CCc1ccc(N/N=C/CSc2ccccc2)cc1. The highest BCUT2D eigenvalue weighted by Crippen LogP contribution is 2.15. The van der Waals surface area contributed by atoms with Gasteiger partial charge in [0.2, 0.25) is 10.0 Å². The van der Waals surface area contributed by atoms with Gasteiger partial charge in [0, 0.05) is 16.9 Å². The van der Waals surface area contributed by atoms with Crippen molar-refractivity contribution in [3.05, 3.63) is 60.2 Å². The van der Waals surface area contributed by atoms with Gasteiger partial charge in [-0.05, 0) is 43.3 Å². The molecule has 0 atom stereocenters. The van der Waals surface area contributed by atoms with Gasteiger partial charge < -0.3 is 0 Å². The van der Waals surface area contributed by atoms with Crippen LogP contribution in [0, 0.1) is 0 Å². The minimum atomic E-state index is -3.16. The summed E-state index contributed by atoms with van der Waals surface area (Å²) in [5.41, 5.74) is 4.81. The first-order valence-corrected chi connectivity index (χ1v) is 10.2. The van der Waals surface area contributed by atoms with Crippen LogP contribution in [0.4, 0.5) is 5.69 Å². The standard InChI is InChI=1S/C17H21N3O2S2/c1-18-24(21,22)14-11-15-7-9-16(10-8-15)20-19-12-13-23-17-5-3-2-4-6-17/h2-10,12,18,20H,11,13-14H2,1H3/b19-12+. The van der Waals surface area contributed by atoms with E-state index in [2.05, 4.69) is 27.4 Å². The monoisotopic (exact) mass is 363 g/mol. The molecule has 2 aromatic rings. The number of rotatable bonds is 9. The molecule has 2 N–H and O–H groups in total. The Balaban J connectivity index is 1.74. The van der Waals surface area contributed by atoms with Crippen molar-refractivity contribution in [3.63, 3.8) is 0 Å². The number of benzene rings is 2. The highest BCUT2D eigenvalue weighted by molar-refractivity contribution is 7.99. The van der Waals surface area contributed by atoms with Crippen LogP contribution >= 0.6 is 11.8 Å². The number of nitrogens with one attached hydrogen (secondary N) is 2. The number of aryl methyl sites for hydroxylation is 1. The fourth-order valence-corrected chi connectivity index (χ4v) is 3.31. The number of hydrogen-bond donors (Lipinski definition) is 2. The maximum absolute atomic E-state index is 11.4. The molecular formula is C17H21N3O2S2. The van der Waals surface area contributed by atoms with Gasteiger partial charge in [0.1, 0.15) is 0 Å². The second kappa shape index (κ2) is 9.46. The zero-order chi connectivity index (χ0) is 17.3. The number of thioether (sulfide) groups is 1. The van der Waals surface area contributed by atoms with Crippen molar-refractivity contribution < 1.29 is 8.42 Å². The summed E-state index contributed by atoms with van der Waals surface area (Å²) < 4.78 is 25.1. The predicted molar refractivity (Wildman–Crippen MR) is 102 cm³/mol. The van der Waals surface area contributed by atoms with E-state index < -0.39 is 10.0 Å². The zero-order valence-electron chi connectivity index (χ0n) is 13.5. The second-order valence-electron chi connectivity index (χ2n) is 5.02. The van der Waals surface area contributed by atoms with E-state index in [0.29, 0.717) is 6.42 Å². The molecule has 0 aliphatic rings. The van der Waals surface area contributed by atoms with Crippen molar-refractivity contribution in [2.75, 3.05) is 24.0 Å². The van der Waals surface area contributed by atoms with Crippen LogP contribution in [0.15, 0.2) is 64.6 Å². The molecule has 0 amide bonds. The lowest BCUT2D eigenvalue weighted by Crippen LogP contribution is -2.23.